The molecule has 0 spiro atoms. The number of carbonyl (C=O) groups is 1. The highest BCUT2D eigenvalue weighted by Gasteiger charge is 2.14. The summed E-state index contributed by atoms with van der Waals surface area (Å²) in [6, 6.07) is 9.82. The molecule has 0 unspecified atom stereocenters. The molecule has 0 atom stereocenters. The fourth-order valence-corrected chi connectivity index (χ4v) is 2.93. The second-order valence-electron chi connectivity index (χ2n) is 5.15. The lowest BCUT2D eigenvalue weighted by atomic mass is 10.1. The summed E-state index contributed by atoms with van der Waals surface area (Å²) in [5.41, 5.74) is 0.999. The number of nitrogens with one attached hydrogen (secondary N) is 1. The predicted octanol–water partition coefficient (Wildman–Crippen LogP) is 4.12. The van der Waals surface area contributed by atoms with Crippen LogP contribution in [-0.2, 0) is 0 Å². The van der Waals surface area contributed by atoms with E-state index in [2.05, 4.69) is 10.3 Å². The SMILES string of the molecule is COc1ccc(-c2csc(NC(=O)c3cccc([N+](=O)[O-])c3)n2)cc1F. The lowest BCUT2D eigenvalue weighted by molar-refractivity contribution is -0.384. The molecule has 1 heterocycles. The number of methoxy groups -OCH3 is 1. The van der Waals surface area contributed by atoms with Gasteiger partial charge in [-0.2, -0.15) is 0 Å². The molecule has 0 aliphatic rings. The summed E-state index contributed by atoms with van der Waals surface area (Å²) in [6.45, 7) is 0. The molecule has 9 heteroatoms. The zero-order chi connectivity index (χ0) is 18.7. The number of benzene rings is 2. The molecule has 132 valence electrons. The number of non-ortho nitro benzene ring substituents is 1. The van der Waals surface area contributed by atoms with E-state index in [1.54, 1.807) is 11.4 Å². The van der Waals surface area contributed by atoms with E-state index in [1.807, 2.05) is 0 Å². The highest BCUT2D eigenvalue weighted by Crippen LogP contribution is 2.28. The zero-order valence-corrected chi connectivity index (χ0v) is 14.2. The van der Waals surface area contributed by atoms with Crippen molar-refractivity contribution in [1.82, 2.24) is 4.98 Å². The third-order valence-corrected chi connectivity index (χ3v) is 4.25. The van der Waals surface area contributed by atoms with E-state index in [0.717, 1.165) is 11.3 Å². The Morgan fingerprint density at radius 3 is 2.81 bits per heavy atom. The number of halogens is 1. The number of hydrogen-bond acceptors (Lipinski definition) is 6. The van der Waals surface area contributed by atoms with Gasteiger partial charge in [0.15, 0.2) is 16.7 Å². The van der Waals surface area contributed by atoms with E-state index >= 15 is 0 Å². The maximum absolute atomic E-state index is 13.8. The molecule has 0 aliphatic heterocycles. The highest BCUT2D eigenvalue weighted by atomic mass is 32.1. The molecule has 3 rings (SSSR count). The maximum atomic E-state index is 13.8. The van der Waals surface area contributed by atoms with E-state index < -0.39 is 16.6 Å². The molecule has 1 amide bonds. The Morgan fingerprint density at radius 1 is 1.31 bits per heavy atom. The number of anilines is 1. The zero-order valence-electron chi connectivity index (χ0n) is 13.4. The monoisotopic (exact) mass is 373 g/mol. The first-order chi connectivity index (χ1) is 12.5. The lowest BCUT2D eigenvalue weighted by Gasteiger charge is -2.03. The quantitative estimate of drug-likeness (QED) is 0.536. The van der Waals surface area contributed by atoms with Crippen molar-refractivity contribution in [1.29, 1.82) is 0 Å². The molecule has 2 aromatic carbocycles. The standard InChI is InChI=1S/C17H12FN3O4S/c1-25-15-6-5-10(8-13(15)18)14-9-26-17(19-14)20-16(22)11-3-2-4-12(7-11)21(23)24/h2-9H,1H3,(H,19,20,22). The minimum atomic E-state index is -0.573. The van der Waals surface area contributed by atoms with Crippen molar-refractivity contribution in [3.8, 4) is 17.0 Å². The average Bonchev–Trinajstić information content (AvgIpc) is 3.10. The summed E-state index contributed by atoms with van der Waals surface area (Å²) in [4.78, 5) is 26.7. The van der Waals surface area contributed by atoms with Crippen molar-refractivity contribution in [2.75, 3.05) is 12.4 Å². The summed E-state index contributed by atoms with van der Waals surface area (Å²) in [5, 5.41) is 15.3. The molecule has 26 heavy (non-hydrogen) atoms. The van der Waals surface area contributed by atoms with Crippen molar-refractivity contribution < 1.29 is 18.8 Å². The van der Waals surface area contributed by atoms with Crippen LogP contribution in [0.25, 0.3) is 11.3 Å². The van der Waals surface area contributed by atoms with Gasteiger partial charge in [-0.15, -0.1) is 11.3 Å². The summed E-state index contributed by atoms with van der Waals surface area (Å²) in [7, 11) is 1.38. The minimum Gasteiger partial charge on any atom is -0.494 e. The fourth-order valence-electron chi connectivity index (χ4n) is 2.22. The number of carbonyl (C=O) groups excluding carboxylic acids is 1. The van der Waals surface area contributed by atoms with Gasteiger partial charge >= 0.3 is 0 Å². The lowest BCUT2D eigenvalue weighted by Crippen LogP contribution is -2.11. The maximum Gasteiger partial charge on any atom is 0.270 e. The topological polar surface area (TPSA) is 94.4 Å². The van der Waals surface area contributed by atoms with E-state index in [-0.39, 0.29) is 17.0 Å². The van der Waals surface area contributed by atoms with Crippen LogP contribution >= 0.6 is 11.3 Å². The Hall–Kier alpha value is -3.33. The molecule has 0 bridgehead atoms. The molecule has 0 saturated heterocycles. The van der Waals surface area contributed by atoms with Gasteiger partial charge < -0.3 is 4.74 Å². The number of rotatable bonds is 5. The van der Waals surface area contributed by atoms with Gasteiger partial charge in [0, 0.05) is 28.6 Å². The van der Waals surface area contributed by atoms with Gasteiger partial charge in [-0.1, -0.05) is 6.07 Å². The van der Waals surface area contributed by atoms with E-state index in [4.69, 9.17) is 4.74 Å². The Labute approximate surface area is 151 Å². The molecule has 0 aliphatic carbocycles. The van der Waals surface area contributed by atoms with Crippen LogP contribution in [0.4, 0.5) is 15.2 Å². The van der Waals surface area contributed by atoms with Crippen molar-refractivity contribution in [2.45, 2.75) is 0 Å². The second kappa shape index (κ2) is 7.28. The van der Waals surface area contributed by atoms with Crippen LogP contribution in [0.1, 0.15) is 10.4 Å². The number of aromatic nitrogens is 1. The minimum absolute atomic E-state index is 0.128. The normalized spacial score (nSPS) is 10.4. The highest BCUT2D eigenvalue weighted by molar-refractivity contribution is 7.14. The second-order valence-corrected chi connectivity index (χ2v) is 6.01. The molecule has 1 aromatic heterocycles. The van der Waals surface area contributed by atoms with Crippen molar-refractivity contribution in [3.05, 3.63) is 69.3 Å². The van der Waals surface area contributed by atoms with Crippen LogP contribution in [0.15, 0.2) is 47.8 Å². The van der Waals surface area contributed by atoms with Crippen LogP contribution < -0.4 is 10.1 Å². The van der Waals surface area contributed by atoms with Gasteiger partial charge in [-0.3, -0.25) is 20.2 Å². The number of thiazole rings is 1. The number of nitro benzene ring substituents is 1. The molecule has 0 fully saturated rings. The summed E-state index contributed by atoms with van der Waals surface area (Å²) >= 11 is 1.16. The number of amides is 1. The summed E-state index contributed by atoms with van der Waals surface area (Å²) < 4.78 is 18.7. The molecule has 0 radical (unpaired) electrons. The number of nitro groups is 1. The van der Waals surface area contributed by atoms with Gasteiger partial charge in [-0.05, 0) is 24.3 Å². The molecule has 0 saturated carbocycles. The summed E-state index contributed by atoms with van der Waals surface area (Å²) in [6.07, 6.45) is 0. The van der Waals surface area contributed by atoms with E-state index in [1.165, 1.54) is 43.5 Å². The Balaban J connectivity index is 1.78. The number of nitrogens with zero attached hydrogens (tertiary/aromatic N) is 2. The van der Waals surface area contributed by atoms with Gasteiger partial charge in [0.1, 0.15) is 0 Å². The molecule has 3 aromatic rings. The van der Waals surface area contributed by atoms with E-state index in [9.17, 15) is 19.3 Å². The molecule has 7 nitrogen and oxygen atoms in total. The van der Waals surface area contributed by atoms with Crippen molar-refractivity contribution >= 4 is 28.1 Å². The van der Waals surface area contributed by atoms with Crippen LogP contribution in [0.5, 0.6) is 5.75 Å². The van der Waals surface area contributed by atoms with Gasteiger partial charge in [0.2, 0.25) is 0 Å². The summed E-state index contributed by atoms with van der Waals surface area (Å²) in [5.74, 6) is -0.904. The van der Waals surface area contributed by atoms with Crippen LogP contribution in [0, 0.1) is 15.9 Å². The van der Waals surface area contributed by atoms with Gasteiger partial charge in [-0.25, -0.2) is 9.37 Å². The Morgan fingerprint density at radius 2 is 2.12 bits per heavy atom. The Kier molecular flexibility index (Phi) is 4.90. The van der Waals surface area contributed by atoms with E-state index in [0.29, 0.717) is 16.4 Å². The molecular formula is C17H12FN3O4S. The molecule has 1 N–H and O–H groups in total. The smallest absolute Gasteiger partial charge is 0.270 e. The predicted molar refractivity (Wildman–Crippen MR) is 95.1 cm³/mol. The first-order valence-corrected chi connectivity index (χ1v) is 8.21. The largest absolute Gasteiger partial charge is 0.494 e. The van der Waals surface area contributed by atoms with Crippen molar-refractivity contribution in [2.24, 2.45) is 0 Å². The third-order valence-electron chi connectivity index (χ3n) is 3.49. The van der Waals surface area contributed by atoms with Gasteiger partial charge in [0.05, 0.1) is 17.7 Å². The molecular weight excluding hydrogens is 361 g/mol. The van der Waals surface area contributed by atoms with Crippen molar-refractivity contribution in [3.63, 3.8) is 0 Å². The first-order valence-electron chi connectivity index (χ1n) is 7.33. The van der Waals surface area contributed by atoms with Crippen LogP contribution in [0.3, 0.4) is 0 Å². The average molecular weight is 373 g/mol. The fraction of sp³-hybridized carbons (Fsp3) is 0.0588. The third kappa shape index (κ3) is 3.67. The van der Waals surface area contributed by atoms with Crippen LogP contribution in [-0.4, -0.2) is 22.9 Å². The first kappa shape index (κ1) is 17.5. The number of hydrogen-bond donors (Lipinski definition) is 1. The Bertz CT molecular complexity index is 990. The van der Waals surface area contributed by atoms with Crippen LogP contribution in [0.2, 0.25) is 0 Å². The number of ether oxygens (including phenoxy) is 1. The van der Waals surface area contributed by atoms with Gasteiger partial charge in [0.25, 0.3) is 11.6 Å².